The first kappa shape index (κ1) is 16.6. The molecule has 0 heterocycles. The van der Waals surface area contributed by atoms with Gasteiger partial charge in [-0.25, -0.2) is 4.79 Å². The SMILES string of the molecule is CC(C)(C)OC(=O)NCCCC#N.O=C=O. The molecule has 1 N–H and O–H groups in total. The normalized spacial score (nSPS) is 8.88. The van der Waals surface area contributed by atoms with Gasteiger partial charge in [0.15, 0.2) is 0 Å². The number of nitrogens with zero attached hydrogens (tertiary/aromatic N) is 1. The second-order valence-corrected chi connectivity index (χ2v) is 3.77. The molecular formula is C10H16N2O4. The lowest BCUT2D eigenvalue weighted by Crippen LogP contribution is -2.32. The first-order chi connectivity index (χ1) is 7.37. The fraction of sp³-hybridized carbons (Fsp3) is 0.700. The van der Waals surface area contributed by atoms with E-state index in [4.69, 9.17) is 19.6 Å². The molecule has 1 amide bonds. The van der Waals surface area contributed by atoms with Crippen LogP contribution in [0.4, 0.5) is 4.79 Å². The summed E-state index contributed by atoms with van der Waals surface area (Å²) in [4.78, 5) is 27.3. The van der Waals surface area contributed by atoms with Crippen LogP contribution in [0.25, 0.3) is 0 Å². The van der Waals surface area contributed by atoms with Crippen molar-refractivity contribution in [2.24, 2.45) is 0 Å². The van der Waals surface area contributed by atoms with Gasteiger partial charge in [-0.3, -0.25) is 0 Å². The van der Waals surface area contributed by atoms with E-state index in [0.717, 1.165) is 0 Å². The minimum atomic E-state index is -0.459. The summed E-state index contributed by atoms with van der Waals surface area (Å²) >= 11 is 0. The quantitative estimate of drug-likeness (QED) is 0.733. The average Bonchev–Trinajstić information content (AvgIpc) is 2.11. The van der Waals surface area contributed by atoms with E-state index >= 15 is 0 Å². The number of amides is 1. The molecule has 0 aliphatic carbocycles. The Labute approximate surface area is 94.6 Å². The maximum Gasteiger partial charge on any atom is 0.407 e. The first-order valence-corrected chi connectivity index (χ1v) is 4.70. The molecule has 0 bridgehead atoms. The van der Waals surface area contributed by atoms with Crippen molar-refractivity contribution < 1.29 is 19.1 Å². The van der Waals surface area contributed by atoms with E-state index in [0.29, 0.717) is 19.4 Å². The number of rotatable bonds is 3. The Morgan fingerprint density at radius 1 is 1.38 bits per heavy atom. The van der Waals surface area contributed by atoms with Gasteiger partial charge in [-0.05, 0) is 27.2 Å². The van der Waals surface area contributed by atoms with E-state index in [-0.39, 0.29) is 6.15 Å². The average molecular weight is 228 g/mol. The summed E-state index contributed by atoms with van der Waals surface area (Å²) in [5, 5.41) is 10.8. The maximum absolute atomic E-state index is 11.0. The van der Waals surface area contributed by atoms with Crippen molar-refractivity contribution in [1.29, 1.82) is 5.26 Å². The third-order valence-corrected chi connectivity index (χ3v) is 1.13. The van der Waals surface area contributed by atoms with Crippen LogP contribution < -0.4 is 5.32 Å². The zero-order valence-corrected chi connectivity index (χ0v) is 9.70. The van der Waals surface area contributed by atoms with Crippen molar-refractivity contribution in [2.75, 3.05) is 6.54 Å². The van der Waals surface area contributed by atoms with Gasteiger partial charge in [-0.2, -0.15) is 14.9 Å². The summed E-state index contributed by atoms with van der Waals surface area (Å²) in [6.45, 7) is 5.91. The first-order valence-electron chi connectivity index (χ1n) is 4.70. The molecular weight excluding hydrogens is 212 g/mol. The van der Waals surface area contributed by atoms with Gasteiger partial charge in [-0.1, -0.05) is 0 Å². The molecule has 0 aromatic rings. The van der Waals surface area contributed by atoms with Crippen molar-refractivity contribution in [2.45, 2.75) is 39.2 Å². The van der Waals surface area contributed by atoms with E-state index in [1.807, 2.05) is 26.8 Å². The smallest absolute Gasteiger partial charge is 0.407 e. The zero-order chi connectivity index (χ0) is 13.0. The van der Waals surface area contributed by atoms with Crippen LogP contribution in [-0.4, -0.2) is 24.4 Å². The minimum Gasteiger partial charge on any atom is -0.444 e. The van der Waals surface area contributed by atoms with Crippen LogP contribution in [0.15, 0.2) is 0 Å². The van der Waals surface area contributed by atoms with Gasteiger partial charge in [0.2, 0.25) is 0 Å². The van der Waals surface area contributed by atoms with Crippen LogP contribution in [0.2, 0.25) is 0 Å². The highest BCUT2D eigenvalue weighted by Crippen LogP contribution is 2.06. The molecule has 0 rings (SSSR count). The molecule has 16 heavy (non-hydrogen) atoms. The summed E-state index contributed by atoms with van der Waals surface area (Å²) < 4.78 is 4.98. The predicted molar refractivity (Wildman–Crippen MR) is 54.1 cm³/mol. The van der Waals surface area contributed by atoms with Crippen LogP contribution in [0, 0.1) is 11.3 Å². The largest absolute Gasteiger partial charge is 0.444 e. The van der Waals surface area contributed by atoms with Gasteiger partial charge in [0.1, 0.15) is 5.60 Å². The van der Waals surface area contributed by atoms with E-state index < -0.39 is 11.7 Å². The van der Waals surface area contributed by atoms with Crippen molar-refractivity contribution in [3.05, 3.63) is 0 Å². The summed E-state index contributed by atoms with van der Waals surface area (Å²) in [6.07, 6.45) is 0.941. The molecule has 0 aliphatic rings. The highest BCUT2D eigenvalue weighted by molar-refractivity contribution is 5.67. The number of alkyl carbamates (subject to hydrolysis) is 1. The van der Waals surface area contributed by atoms with Crippen LogP contribution in [0.5, 0.6) is 0 Å². The third-order valence-electron chi connectivity index (χ3n) is 1.13. The minimum absolute atomic E-state index is 0.250. The molecule has 0 aromatic carbocycles. The summed E-state index contributed by atoms with van der Waals surface area (Å²) in [7, 11) is 0. The van der Waals surface area contributed by atoms with Gasteiger partial charge >= 0.3 is 12.2 Å². The van der Waals surface area contributed by atoms with Gasteiger partial charge in [0.25, 0.3) is 0 Å². The fourth-order valence-electron chi connectivity index (χ4n) is 0.672. The second kappa shape index (κ2) is 9.69. The van der Waals surface area contributed by atoms with E-state index in [9.17, 15) is 4.79 Å². The second-order valence-electron chi connectivity index (χ2n) is 3.77. The predicted octanol–water partition coefficient (Wildman–Crippen LogP) is 1.23. The molecule has 6 heteroatoms. The Bertz CT molecular complexity index is 270. The zero-order valence-electron chi connectivity index (χ0n) is 9.70. The number of ether oxygens (including phenoxy) is 1. The molecule has 0 spiro atoms. The molecule has 0 saturated carbocycles. The summed E-state index contributed by atoms with van der Waals surface area (Å²) in [5.74, 6) is 0. The maximum atomic E-state index is 11.0. The topological polar surface area (TPSA) is 96.3 Å². The number of hydrogen-bond donors (Lipinski definition) is 1. The van der Waals surface area contributed by atoms with Crippen LogP contribution in [0.3, 0.4) is 0 Å². The van der Waals surface area contributed by atoms with Crippen LogP contribution in [0.1, 0.15) is 33.6 Å². The molecule has 6 nitrogen and oxygen atoms in total. The van der Waals surface area contributed by atoms with Crippen LogP contribution >= 0.6 is 0 Å². The van der Waals surface area contributed by atoms with Crippen molar-refractivity contribution in [3.63, 3.8) is 0 Å². The number of hydrogen-bond acceptors (Lipinski definition) is 5. The fourth-order valence-corrected chi connectivity index (χ4v) is 0.672. The third kappa shape index (κ3) is 18.0. The molecule has 0 saturated heterocycles. The molecule has 0 aromatic heterocycles. The highest BCUT2D eigenvalue weighted by atomic mass is 16.6. The summed E-state index contributed by atoms with van der Waals surface area (Å²) in [5.41, 5.74) is -0.459. The lowest BCUT2D eigenvalue weighted by Gasteiger charge is -2.19. The van der Waals surface area contributed by atoms with Gasteiger partial charge < -0.3 is 10.1 Å². The van der Waals surface area contributed by atoms with Gasteiger partial charge in [-0.15, -0.1) is 0 Å². The molecule has 0 radical (unpaired) electrons. The number of unbranched alkanes of at least 4 members (excludes halogenated alkanes) is 1. The molecule has 0 unspecified atom stereocenters. The Morgan fingerprint density at radius 3 is 2.25 bits per heavy atom. The van der Waals surface area contributed by atoms with Gasteiger partial charge in [0, 0.05) is 13.0 Å². The Balaban J connectivity index is 0. The number of carbonyl (C=O) groups excluding carboxylic acids is 3. The summed E-state index contributed by atoms with van der Waals surface area (Å²) in [6, 6.07) is 2.00. The molecule has 0 aliphatic heterocycles. The van der Waals surface area contributed by atoms with Gasteiger partial charge in [0.05, 0.1) is 6.07 Å². The lowest BCUT2D eigenvalue weighted by molar-refractivity contribution is -0.191. The van der Waals surface area contributed by atoms with Crippen molar-refractivity contribution in [3.8, 4) is 6.07 Å². The molecule has 90 valence electrons. The Hall–Kier alpha value is -1.86. The number of nitrogens with one attached hydrogen (secondary N) is 1. The van der Waals surface area contributed by atoms with Crippen molar-refractivity contribution >= 4 is 12.2 Å². The highest BCUT2D eigenvalue weighted by Gasteiger charge is 2.15. The number of nitriles is 1. The number of carbonyl (C=O) groups is 1. The van der Waals surface area contributed by atoms with Crippen molar-refractivity contribution in [1.82, 2.24) is 5.32 Å². The lowest BCUT2D eigenvalue weighted by atomic mass is 10.2. The Morgan fingerprint density at radius 2 is 1.88 bits per heavy atom. The van der Waals surface area contributed by atoms with Crippen LogP contribution in [-0.2, 0) is 14.3 Å². The standard InChI is InChI=1S/C9H16N2O2.CO2/c1-9(2,3)13-8(12)11-7-5-4-6-10;2-1-3/h4-5,7H2,1-3H3,(H,11,12);. The van der Waals surface area contributed by atoms with E-state index in [2.05, 4.69) is 5.32 Å². The van der Waals surface area contributed by atoms with E-state index in [1.165, 1.54) is 0 Å². The molecule has 0 atom stereocenters. The Kier molecular flexibility index (Phi) is 10.0. The molecule has 0 fully saturated rings. The van der Waals surface area contributed by atoms with E-state index in [1.54, 1.807) is 0 Å². The monoisotopic (exact) mass is 228 g/mol.